The lowest BCUT2D eigenvalue weighted by atomic mass is 10.1. The maximum Gasteiger partial charge on any atom is 0.140 e. The first kappa shape index (κ1) is 19.4. The second kappa shape index (κ2) is 8.30. The Morgan fingerprint density at radius 2 is 1.90 bits per heavy atom. The van der Waals surface area contributed by atoms with Gasteiger partial charge in [-0.3, -0.25) is 9.67 Å². The average Bonchev–Trinajstić information content (AvgIpc) is 3.42. The number of hydrogen-bond acceptors (Lipinski definition) is 4. The van der Waals surface area contributed by atoms with Crippen molar-refractivity contribution in [3.05, 3.63) is 70.7 Å². The number of aromatic nitrogens is 4. The molecule has 1 fully saturated rings. The lowest BCUT2D eigenvalue weighted by molar-refractivity contribution is 0.107. The van der Waals surface area contributed by atoms with E-state index in [9.17, 15) is 0 Å². The highest BCUT2D eigenvalue weighted by Crippen LogP contribution is 2.26. The Kier molecular flexibility index (Phi) is 5.37. The molecule has 0 atom stereocenters. The van der Waals surface area contributed by atoms with Crippen molar-refractivity contribution in [3.63, 3.8) is 0 Å². The number of nitrogens with one attached hydrogen (secondary N) is 1. The topological polar surface area (TPSA) is 56.9 Å². The van der Waals surface area contributed by atoms with Gasteiger partial charge in [0.15, 0.2) is 0 Å². The van der Waals surface area contributed by atoms with Crippen LogP contribution < -0.4 is 10.2 Å². The molecule has 1 saturated heterocycles. The molecule has 5 rings (SSSR count). The maximum atomic E-state index is 6.10. The molecule has 0 radical (unpaired) electrons. The summed E-state index contributed by atoms with van der Waals surface area (Å²) in [5.41, 5.74) is 4.79. The predicted octanol–water partition coefficient (Wildman–Crippen LogP) is 4.76. The van der Waals surface area contributed by atoms with E-state index < -0.39 is 0 Å². The first-order valence-electron chi connectivity index (χ1n) is 9.97. The number of rotatable bonds is 5. The first-order valence-corrected chi connectivity index (χ1v) is 10.7. The van der Waals surface area contributed by atoms with E-state index in [1.165, 1.54) is 0 Å². The van der Waals surface area contributed by atoms with Crippen LogP contribution in [0.15, 0.2) is 55.1 Å². The zero-order chi connectivity index (χ0) is 20.5. The second-order valence-electron chi connectivity index (χ2n) is 7.48. The van der Waals surface area contributed by atoms with Gasteiger partial charge in [-0.05, 0) is 55.8 Å². The summed E-state index contributed by atoms with van der Waals surface area (Å²) >= 11 is 12.1. The van der Waals surface area contributed by atoms with Gasteiger partial charge in [-0.2, -0.15) is 9.83 Å². The fourth-order valence-electron chi connectivity index (χ4n) is 3.79. The molecular weight excluding hydrogens is 421 g/mol. The van der Waals surface area contributed by atoms with Crippen LogP contribution >= 0.6 is 23.2 Å². The summed E-state index contributed by atoms with van der Waals surface area (Å²) in [5.74, 6) is 0. The normalized spacial score (nSPS) is 15.0. The van der Waals surface area contributed by atoms with E-state index in [-0.39, 0.29) is 0 Å². The molecule has 6 nitrogen and oxygen atoms in total. The van der Waals surface area contributed by atoms with Gasteiger partial charge >= 0.3 is 0 Å². The summed E-state index contributed by atoms with van der Waals surface area (Å²) < 4.78 is 3.83. The molecule has 154 valence electrons. The summed E-state index contributed by atoms with van der Waals surface area (Å²) in [4.78, 5) is 10.6. The van der Waals surface area contributed by atoms with Crippen LogP contribution in [0, 0.1) is 0 Å². The van der Waals surface area contributed by atoms with Crippen molar-refractivity contribution in [2.75, 3.05) is 13.1 Å². The van der Waals surface area contributed by atoms with Crippen molar-refractivity contribution in [2.45, 2.75) is 25.5 Å². The van der Waals surface area contributed by atoms with Crippen LogP contribution in [0.1, 0.15) is 24.4 Å². The number of pyridine rings is 1. The van der Waals surface area contributed by atoms with Gasteiger partial charge in [0, 0.05) is 29.7 Å². The van der Waals surface area contributed by atoms with Gasteiger partial charge in [0.05, 0.1) is 27.8 Å². The number of benzene rings is 1. The van der Waals surface area contributed by atoms with Crippen LogP contribution in [0.5, 0.6) is 0 Å². The number of nitrogens with zero attached hydrogens (tertiary/aromatic N) is 4. The summed E-state index contributed by atoms with van der Waals surface area (Å²) in [7, 11) is 0. The predicted molar refractivity (Wildman–Crippen MR) is 119 cm³/mol. The molecule has 0 saturated carbocycles. The Bertz CT molecular complexity index is 1180. The zero-order valence-corrected chi connectivity index (χ0v) is 17.8. The first-order chi connectivity index (χ1) is 14.7. The van der Waals surface area contributed by atoms with Gasteiger partial charge in [0.2, 0.25) is 0 Å². The van der Waals surface area contributed by atoms with Crippen LogP contribution in [0.25, 0.3) is 22.2 Å². The third kappa shape index (κ3) is 3.90. The Hall–Kier alpha value is -2.54. The van der Waals surface area contributed by atoms with Crippen molar-refractivity contribution >= 4 is 34.2 Å². The van der Waals surface area contributed by atoms with E-state index in [0.717, 1.165) is 53.7 Å². The molecule has 0 spiro atoms. The largest absolute Gasteiger partial charge is 0.409 e. The summed E-state index contributed by atoms with van der Waals surface area (Å²) in [6, 6.07) is 9.96. The molecule has 1 aliphatic heterocycles. The van der Waals surface area contributed by atoms with Gasteiger partial charge in [0.25, 0.3) is 0 Å². The molecule has 0 bridgehead atoms. The van der Waals surface area contributed by atoms with E-state index in [2.05, 4.69) is 32.3 Å². The van der Waals surface area contributed by atoms with Crippen molar-refractivity contribution in [1.82, 2.24) is 24.8 Å². The Morgan fingerprint density at radius 3 is 2.73 bits per heavy atom. The molecule has 0 aliphatic carbocycles. The number of halogens is 2. The molecule has 1 aliphatic rings. The molecule has 0 unspecified atom stereocenters. The van der Waals surface area contributed by atoms with Gasteiger partial charge < -0.3 is 10.2 Å². The monoisotopic (exact) mass is 441 g/mol. The highest BCUT2D eigenvalue weighted by molar-refractivity contribution is 6.42. The molecule has 4 aromatic rings. The summed E-state index contributed by atoms with van der Waals surface area (Å²) in [5, 5.41) is 9.04. The fourth-order valence-corrected chi connectivity index (χ4v) is 4.11. The average molecular weight is 442 g/mol. The van der Waals surface area contributed by atoms with Crippen LogP contribution in [0.3, 0.4) is 0 Å². The number of piperidine rings is 1. The highest BCUT2D eigenvalue weighted by Gasteiger charge is 2.16. The molecule has 1 aromatic carbocycles. The third-order valence-electron chi connectivity index (χ3n) is 5.47. The minimum Gasteiger partial charge on any atom is -0.409 e. The molecule has 3 aromatic heterocycles. The quantitative estimate of drug-likeness (QED) is 0.484. The van der Waals surface area contributed by atoms with Crippen LogP contribution in [-0.2, 0) is 6.61 Å². The lowest BCUT2D eigenvalue weighted by Gasteiger charge is -2.22. The number of hydrogen-bond donors (Lipinski definition) is 1. The van der Waals surface area contributed by atoms with E-state index in [1.807, 2.05) is 36.8 Å². The van der Waals surface area contributed by atoms with E-state index in [0.29, 0.717) is 22.7 Å². The minimum absolute atomic E-state index is 0.374. The van der Waals surface area contributed by atoms with Gasteiger partial charge in [-0.1, -0.05) is 29.3 Å². The van der Waals surface area contributed by atoms with Crippen LogP contribution in [-0.4, -0.2) is 32.6 Å². The van der Waals surface area contributed by atoms with Crippen molar-refractivity contribution in [3.8, 4) is 11.1 Å². The molecule has 4 heterocycles. The maximum absolute atomic E-state index is 6.10. The Labute approximate surface area is 184 Å². The minimum atomic E-state index is 0.374. The van der Waals surface area contributed by atoms with E-state index in [1.54, 1.807) is 10.8 Å². The lowest BCUT2D eigenvalue weighted by Crippen LogP contribution is -2.29. The Morgan fingerprint density at radius 1 is 1.03 bits per heavy atom. The summed E-state index contributed by atoms with van der Waals surface area (Å²) in [6.07, 6.45) is 9.98. The van der Waals surface area contributed by atoms with Gasteiger partial charge in [-0.15, -0.1) is 0 Å². The van der Waals surface area contributed by atoms with E-state index in [4.69, 9.17) is 28.0 Å². The zero-order valence-electron chi connectivity index (χ0n) is 16.3. The Balaban J connectivity index is 1.37. The third-order valence-corrected chi connectivity index (χ3v) is 6.21. The van der Waals surface area contributed by atoms with Crippen LogP contribution in [0.4, 0.5) is 0 Å². The highest BCUT2D eigenvalue weighted by atomic mass is 35.5. The van der Waals surface area contributed by atoms with Crippen molar-refractivity contribution < 1.29 is 4.84 Å². The molecule has 30 heavy (non-hydrogen) atoms. The fraction of sp³-hybridized carbons (Fsp3) is 0.273. The SMILES string of the molecule is Clc1ccc(COn2ccc3ncc(-c4cnn(C5CCNCC5)c4)cc32)cc1Cl. The molecule has 8 heteroatoms. The van der Waals surface area contributed by atoms with Gasteiger partial charge in [0.1, 0.15) is 12.1 Å². The standard InChI is InChI=1S/C22H21Cl2N5O/c23-19-2-1-15(9-20(19)24)14-30-29-8-5-21-22(29)10-16(11-26-21)17-12-27-28(13-17)18-3-6-25-7-4-18/h1-2,5,8-13,18,25H,3-4,6-7,14H2. The second-order valence-corrected chi connectivity index (χ2v) is 8.30. The smallest absolute Gasteiger partial charge is 0.140 e. The van der Waals surface area contributed by atoms with Crippen molar-refractivity contribution in [2.24, 2.45) is 0 Å². The van der Waals surface area contributed by atoms with Gasteiger partial charge in [-0.25, -0.2) is 0 Å². The molecular formula is C22H21Cl2N5O. The molecule has 1 N–H and O–H groups in total. The summed E-state index contributed by atoms with van der Waals surface area (Å²) in [6.45, 7) is 2.45. The molecule has 0 amide bonds. The number of fused-ring (bicyclic) bond motifs is 1. The van der Waals surface area contributed by atoms with E-state index >= 15 is 0 Å². The van der Waals surface area contributed by atoms with Crippen molar-refractivity contribution in [1.29, 1.82) is 0 Å². The van der Waals surface area contributed by atoms with Crippen LogP contribution in [0.2, 0.25) is 10.0 Å².